The second-order valence-corrected chi connectivity index (χ2v) is 11.6. The van der Waals surface area contributed by atoms with E-state index in [9.17, 15) is 4.79 Å². The first kappa shape index (κ1) is 28.0. The maximum atomic E-state index is 12.8. The molecule has 0 heterocycles. The lowest BCUT2D eigenvalue weighted by Gasteiger charge is -2.34. The molecule has 0 N–H and O–H groups in total. The van der Waals surface area contributed by atoms with Gasteiger partial charge in [-0.2, -0.15) is 0 Å². The molecule has 0 spiro atoms. The summed E-state index contributed by atoms with van der Waals surface area (Å²) in [5, 5.41) is 0. The maximum absolute atomic E-state index is 12.8. The van der Waals surface area contributed by atoms with Gasteiger partial charge < -0.3 is 4.74 Å². The van der Waals surface area contributed by atoms with Crippen LogP contribution in [0.3, 0.4) is 0 Å². The van der Waals surface area contributed by atoms with Crippen LogP contribution in [0.4, 0.5) is 0 Å². The van der Waals surface area contributed by atoms with E-state index in [0.29, 0.717) is 11.7 Å². The van der Waals surface area contributed by atoms with E-state index in [0.717, 1.165) is 37.0 Å². The molecule has 2 fully saturated rings. The largest absolute Gasteiger partial charge is 0.426 e. The zero-order valence-corrected chi connectivity index (χ0v) is 22.8. The number of benzene rings is 1. The summed E-state index contributed by atoms with van der Waals surface area (Å²) in [6.07, 6.45) is 23.8. The Morgan fingerprint density at radius 3 is 1.91 bits per heavy atom. The Morgan fingerprint density at radius 2 is 1.40 bits per heavy atom. The van der Waals surface area contributed by atoms with E-state index < -0.39 is 0 Å². The maximum Gasteiger partial charge on any atom is 0.314 e. The Morgan fingerprint density at radius 1 is 0.857 bits per heavy atom. The van der Waals surface area contributed by atoms with Crippen molar-refractivity contribution in [2.45, 2.75) is 129 Å². The van der Waals surface area contributed by atoms with Gasteiger partial charge in [-0.05, 0) is 86.3 Å². The van der Waals surface area contributed by atoms with E-state index in [1.165, 1.54) is 95.5 Å². The fourth-order valence-corrected chi connectivity index (χ4v) is 6.69. The van der Waals surface area contributed by atoms with Crippen molar-refractivity contribution in [3.8, 4) is 5.75 Å². The fraction of sp³-hybridized carbons (Fsp3) is 0.727. The van der Waals surface area contributed by atoms with Gasteiger partial charge in [-0.15, -0.1) is 6.58 Å². The summed E-state index contributed by atoms with van der Waals surface area (Å²) in [5.41, 5.74) is 1.38. The Labute approximate surface area is 216 Å². The van der Waals surface area contributed by atoms with Crippen molar-refractivity contribution in [2.75, 3.05) is 0 Å². The molecule has 0 saturated heterocycles. The van der Waals surface area contributed by atoms with E-state index >= 15 is 0 Å². The molecule has 0 amide bonds. The molecule has 0 aliphatic heterocycles. The Hall–Kier alpha value is -1.57. The zero-order chi connectivity index (χ0) is 24.9. The molecule has 0 aromatic heterocycles. The van der Waals surface area contributed by atoms with Crippen LogP contribution >= 0.6 is 0 Å². The summed E-state index contributed by atoms with van der Waals surface area (Å²) >= 11 is 0. The smallest absolute Gasteiger partial charge is 0.314 e. The highest BCUT2D eigenvalue weighted by atomic mass is 16.5. The normalized spacial score (nSPS) is 25.7. The van der Waals surface area contributed by atoms with Crippen molar-refractivity contribution in [2.24, 2.45) is 23.7 Å². The van der Waals surface area contributed by atoms with Gasteiger partial charge in [0.05, 0.1) is 5.92 Å². The first-order valence-electron chi connectivity index (χ1n) is 15.1. The van der Waals surface area contributed by atoms with Crippen LogP contribution in [0.2, 0.25) is 0 Å². The lowest BCUT2D eigenvalue weighted by atomic mass is 9.71. The van der Waals surface area contributed by atoms with Crippen molar-refractivity contribution in [1.29, 1.82) is 0 Å². The lowest BCUT2D eigenvalue weighted by Crippen LogP contribution is -2.25. The minimum Gasteiger partial charge on any atom is -0.426 e. The molecular weight excluding hydrogens is 428 g/mol. The van der Waals surface area contributed by atoms with E-state index in [4.69, 9.17) is 4.74 Å². The van der Waals surface area contributed by atoms with E-state index in [2.05, 4.69) is 38.6 Å². The molecule has 2 aliphatic rings. The second-order valence-electron chi connectivity index (χ2n) is 11.6. The van der Waals surface area contributed by atoms with Crippen molar-refractivity contribution < 1.29 is 9.53 Å². The Bertz CT molecular complexity index is 720. The summed E-state index contributed by atoms with van der Waals surface area (Å²) in [7, 11) is 0. The van der Waals surface area contributed by atoms with Crippen LogP contribution in [-0.2, 0) is 4.79 Å². The van der Waals surface area contributed by atoms with Crippen LogP contribution in [0.5, 0.6) is 5.75 Å². The Kier molecular flexibility index (Phi) is 12.4. The van der Waals surface area contributed by atoms with Crippen LogP contribution in [0, 0.1) is 23.7 Å². The average molecular weight is 481 g/mol. The van der Waals surface area contributed by atoms with Crippen molar-refractivity contribution in [1.82, 2.24) is 0 Å². The molecule has 0 bridgehead atoms. The molecule has 3 rings (SSSR count). The topological polar surface area (TPSA) is 26.3 Å². The monoisotopic (exact) mass is 480 g/mol. The van der Waals surface area contributed by atoms with Gasteiger partial charge >= 0.3 is 5.97 Å². The molecule has 1 atom stereocenters. The number of hydrogen-bond donors (Lipinski definition) is 0. The summed E-state index contributed by atoms with van der Waals surface area (Å²) in [6, 6.07) is 8.45. The number of ether oxygens (including phenoxy) is 1. The number of esters is 1. The fourth-order valence-electron chi connectivity index (χ4n) is 6.69. The minimum atomic E-state index is -0.0196. The minimum absolute atomic E-state index is 0.0196. The molecule has 2 heteroatoms. The predicted molar refractivity (Wildman–Crippen MR) is 149 cm³/mol. The molecule has 1 aromatic carbocycles. The SMILES string of the molecule is C=CCC(c1ccc(OC(=O)[C@H]2CC[C@H](CCCCC)CC2)cc1)[C@H]1CC[C@H](CCCCC)CC1. The van der Waals surface area contributed by atoms with Gasteiger partial charge in [-0.25, -0.2) is 0 Å². The Balaban J connectivity index is 1.47. The van der Waals surface area contributed by atoms with Crippen molar-refractivity contribution in [3.63, 3.8) is 0 Å². The van der Waals surface area contributed by atoms with E-state index in [1.807, 2.05) is 12.1 Å². The van der Waals surface area contributed by atoms with Gasteiger partial charge in [0.2, 0.25) is 0 Å². The number of rotatable bonds is 14. The molecule has 1 aromatic rings. The average Bonchev–Trinajstić information content (AvgIpc) is 2.89. The van der Waals surface area contributed by atoms with Gasteiger partial charge in [0.25, 0.3) is 0 Å². The standard InChI is InChI=1S/C33H52O2/c1-4-7-9-12-26-14-18-28(19-15-26)32(11-6-3)29-22-24-31(25-23-29)35-33(34)30-20-16-27(17-21-30)13-10-8-5-2/h6,22-28,30,32H,3-5,7-21H2,1-2H3/t26-,27-,28-,30-,32?. The van der Waals surface area contributed by atoms with E-state index in [-0.39, 0.29) is 11.9 Å². The lowest BCUT2D eigenvalue weighted by molar-refractivity contribution is -0.140. The summed E-state index contributed by atoms with van der Waals surface area (Å²) in [4.78, 5) is 12.8. The van der Waals surface area contributed by atoms with Crippen LogP contribution in [0.25, 0.3) is 0 Å². The van der Waals surface area contributed by atoms with Gasteiger partial charge in [-0.3, -0.25) is 4.79 Å². The quantitative estimate of drug-likeness (QED) is 0.115. The number of carbonyl (C=O) groups is 1. The molecule has 2 aliphatic carbocycles. The van der Waals surface area contributed by atoms with E-state index in [1.54, 1.807) is 0 Å². The highest BCUT2D eigenvalue weighted by molar-refractivity contribution is 5.75. The summed E-state index contributed by atoms with van der Waals surface area (Å²) < 4.78 is 5.83. The third-order valence-electron chi connectivity index (χ3n) is 9.02. The number of hydrogen-bond acceptors (Lipinski definition) is 2. The molecule has 0 radical (unpaired) electrons. The van der Waals surface area contributed by atoms with Gasteiger partial charge in [0.15, 0.2) is 0 Å². The van der Waals surface area contributed by atoms with Crippen LogP contribution in [0.15, 0.2) is 36.9 Å². The summed E-state index contributed by atoms with van der Waals surface area (Å²) in [5.74, 6) is 3.81. The second kappa shape index (κ2) is 15.5. The third kappa shape index (κ3) is 9.10. The predicted octanol–water partition coefficient (Wildman–Crippen LogP) is 10.0. The highest BCUT2D eigenvalue weighted by Gasteiger charge is 2.29. The first-order valence-corrected chi connectivity index (χ1v) is 15.1. The number of unbranched alkanes of at least 4 members (excludes halogenated alkanes) is 4. The van der Waals surface area contributed by atoms with Crippen molar-refractivity contribution >= 4 is 5.97 Å². The molecule has 1 unspecified atom stereocenters. The van der Waals surface area contributed by atoms with Gasteiger partial charge in [0.1, 0.15) is 5.75 Å². The van der Waals surface area contributed by atoms with Crippen LogP contribution in [-0.4, -0.2) is 5.97 Å². The molecule has 2 nitrogen and oxygen atoms in total. The highest BCUT2D eigenvalue weighted by Crippen LogP contribution is 2.42. The van der Waals surface area contributed by atoms with Crippen LogP contribution < -0.4 is 4.74 Å². The third-order valence-corrected chi connectivity index (χ3v) is 9.02. The van der Waals surface area contributed by atoms with Crippen LogP contribution in [0.1, 0.15) is 134 Å². The number of carbonyl (C=O) groups excluding carboxylic acids is 1. The molecule has 35 heavy (non-hydrogen) atoms. The van der Waals surface area contributed by atoms with Gasteiger partial charge in [-0.1, -0.05) is 96.3 Å². The zero-order valence-electron chi connectivity index (χ0n) is 22.8. The molecule has 2 saturated carbocycles. The summed E-state index contributed by atoms with van der Waals surface area (Å²) in [6.45, 7) is 8.61. The van der Waals surface area contributed by atoms with Crippen molar-refractivity contribution in [3.05, 3.63) is 42.5 Å². The van der Waals surface area contributed by atoms with Gasteiger partial charge in [0, 0.05) is 0 Å². The first-order chi connectivity index (χ1) is 17.1. The number of allylic oxidation sites excluding steroid dienone is 1. The molecule has 196 valence electrons. The molecular formula is C33H52O2.